The van der Waals surface area contributed by atoms with Crippen molar-refractivity contribution in [3.8, 4) is 5.75 Å². The van der Waals surface area contributed by atoms with Crippen LogP contribution in [0.3, 0.4) is 0 Å². The first-order valence-electron chi connectivity index (χ1n) is 5.50. The van der Waals surface area contributed by atoms with Gasteiger partial charge in [-0.3, -0.25) is 0 Å². The van der Waals surface area contributed by atoms with Crippen LogP contribution in [0.5, 0.6) is 5.75 Å². The van der Waals surface area contributed by atoms with Gasteiger partial charge in [-0.1, -0.05) is 18.2 Å². The third-order valence-corrected chi connectivity index (χ3v) is 4.22. The van der Waals surface area contributed by atoms with E-state index in [0.29, 0.717) is 16.9 Å². The number of aliphatic hydroxyl groups excluding tert-OH is 1. The number of benzene rings is 2. The number of rotatable bonds is 3. The van der Waals surface area contributed by atoms with Gasteiger partial charge in [0.1, 0.15) is 17.7 Å². The molecular weight excluding hydrogens is 379 g/mol. The fraction of sp³-hybridized carbons (Fsp3) is 0.143. The number of hydrogen-bond donors (Lipinski definition) is 1. The average Bonchev–Trinajstić information content (AvgIpc) is 2.41. The van der Waals surface area contributed by atoms with E-state index in [-0.39, 0.29) is 4.47 Å². The smallest absolute Gasteiger partial charge is 0.137 e. The fourth-order valence-corrected chi connectivity index (χ4v) is 2.80. The molecular formula is C14H11Br2FO2. The van der Waals surface area contributed by atoms with Gasteiger partial charge in [0.2, 0.25) is 0 Å². The first kappa shape index (κ1) is 14.5. The van der Waals surface area contributed by atoms with Crippen LogP contribution >= 0.6 is 31.9 Å². The number of ether oxygens (including phenoxy) is 1. The van der Waals surface area contributed by atoms with Crippen LogP contribution in [0.1, 0.15) is 17.2 Å². The lowest BCUT2D eigenvalue weighted by Gasteiger charge is -2.15. The van der Waals surface area contributed by atoms with Crippen LogP contribution in [0.25, 0.3) is 0 Å². The van der Waals surface area contributed by atoms with Crippen molar-refractivity contribution in [2.24, 2.45) is 0 Å². The predicted octanol–water partition coefficient (Wildman–Crippen LogP) is 4.44. The number of aliphatic hydroxyl groups is 1. The molecule has 2 aromatic rings. The zero-order valence-corrected chi connectivity index (χ0v) is 13.2. The molecule has 0 aliphatic carbocycles. The van der Waals surface area contributed by atoms with E-state index in [0.717, 1.165) is 4.47 Å². The highest BCUT2D eigenvalue weighted by atomic mass is 79.9. The lowest BCUT2D eigenvalue weighted by molar-refractivity contribution is 0.218. The van der Waals surface area contributed by atoms with Gasteiger partial charge in [0.05, 0.1) is 16.1 Å². The molecule has 19 heavy (non-hydrogen) atoms. The highest BCUT2D eigenvalue weighted by Crippen LogP contribution is 2.33. The summed E-state index contributed by atoms with van der Waals surface area (Å²) < 4.78 is 19.6. The summed E-state index contributed by atoms with van der Waals surface area (Å²) >= 11 is 6.51. The monoisotopic (exact) mass is 388 g/mol. The molecule has 2 aromatic carbocycles. The minimum absolute atomic E-state index is 0.273. The summed E-state index contributed by atoms with van der Waals surface area (Å²) in [5, 5.41) is 10.3. The molecule has 0 amide bonds. The van der Waals surface area contributed by atoms with Crippen molar-refractivity contribution in [3.63, 3.8) is 0 Å². The number of hydrogen-bond acceptors (Lipinski definition) is 2. The second-order valence-electron chi connectivity index (χ2n) is 3.94. The van der Waals surface area contributed by atoms with Crippen molar-refractivity contribution < 1.29 is 14.2 Å². The Bertz CT molecular complexity index is 602. The van der Waals surface area contributed by atoms with Crippen LogP contribution in [0.4, 0.5) is 4.39 Å². The minimum atomic E-state index is -0.910. The van der Waals surface area contributed by atoms with Crippen molar-refractivity contribution >= 4 is 31.9 Å². The molecule has 100 valence electrons. The first-order chi connectivity index (χ1) is 9.04. The maximum absolute atomic E-state index is 13.5. The van der Waals surface area contributed by atoms with Gasteiger partial charge in [0.15, 0.2) is 0 Å². The normalized spacial score (nSPS) is 12.3. The summed E-state index contributed by atoms with van der Waals surface area (Å²) in [5.74, 6) is 0.276. The van der Waals surface area contributed by atoms with E-state index in [1.165, 1.54) is 6.07 Å². The van der Waals surface area contributed by atoms with Crippen molar-refractivity contribution in [1.82, 2.24) is 0 Å². The van der Waals surface area contributed by atoms with Crippen molar-refractivity contribution in [2.75, 3.05) is 7.11 Å². The van der Waals surface area contributed by atoms with Gasteiger partial charge < -0.3 is 9.84 Å². The van der Waals surface area contributed by atoms with E-state index in [1.54, 1.807) is 37.4 Å². The van der Waals surface area contributed by atoms with Crippen LogP contribution < -0.4 is 4.74 Å². The molecule has 1 unspecified atom stereocenters. The van der Waals surface area contributed by atoms with Gasteiger partial charge in [-0.15, -0.1) is 0 Å². The maximum atomic E-state index is 13.5. The average molecular weight is 390 g/mol. The van der Waals surface area contributed by atoms with Gasteiger partial charge in [0.25, 0.3) is 0 Å². The van der Waals surface area contributed by atoms with Gasteiger partial charge in [0, 0.05) is 5.56 Å². The molecule has 1 N–H and O–H groups in total. The molecule has 0 spiro atoms. The van der Waals surface area contributed by atoms with Crippen molar-refractivity contribution in [1.29, 1.82) is 0 Å². The zero-order chi connectivity index (χ0) is 14.0. The third kappa shape index (κ3) is 2.99. The van der Waals surface area contributed by atoms with Crippen molar-refractivity contribution in [3.05, 3.63) is 62.3 Å². The van der Waals surface area contributed by atoms with Crippen LogP contribution in [-0.4, -0.2) is 12.2 Å². The van der Waals surface area contributed by atoms with Crippen molar-refractivity contribution in [2.45, 2.75) is 6.10 Å². The van der Waals surface area contributed by atoms with Crippen LogP contribution in [0, 0.1) is 5.82 Å². The Labute approximate surface area is 127 Å². The molecule has 2 rings (SSSR count). The molecule has 0 aliphatic heterocycles. The summed E-state index contributed by atoms with van der Waals surface area (Å²) in [7, 11) is 1.57. The number of halogens is 3. The van der Waals surface area contributed by atoms with E-state index >= 15 is 0 Å². The fourth-order valence-electron chi connectivity index (χ4n) is 1.76. The van der Waals surface area contributed by atoms with Crippen LogP contribution in [-0.2, 0) is 0 Å². The van der Waals surface area contributed by atoms with Crippen LogP contribution in [0.2, 0.25) is 0 Å². The van der Waals surface area contributed by atoms with Gasteiger partial charge >= 0.3 is 0 Å². The Morgan fingerprint density at radius 1 is 1.21 bits per heavy atom. The summed E-state index contributed by atoms with van der Waals surface area (Å²) in [4.78, 5) is 0. The number of methoxy groups -OCH3 is 1. The standard InChI is InChI=1S/C14H11Br2FO2/c1-19-12-6-5-8(7-10(12)15)14(18)9-3-2-4-11(17)13(9)16/h2-7,14,18H,1H3. The highest BCUT2D eigenvalue weighted by Gasteiger charge is 2.17. The van der Waals surface area contributed by atoms with E-state index in [9.17, 15) is 9.50 Å². The first-order valence-corrected chi connectivity index (χ1v) is 7.08. The Morgan fingerprint density at radius 3 is 2.58 bits per heavy atom. The Kier molecular flexibility index (Phi) is 4.60. The van der Waals surface area contributed by atoms with E-state index in [4.69, 9.17) is 4.74 Å². The van der Waals surface area contributed by atoms with Gasteiger partial charge in [-0.25, -0.2) is 4.39 Å². The Morgan fingerprint density at radius 2 is 1.95 bits per heavy atom. The zero-order valence-electron chi connectivity index (χ0n) is 10.0. The summed E-state index contributed by atoms with van der Waals surface area (Å²) in [6.07, 6.45) is -0.910. The molecule has 0 saturated heterocycles. The van der Waals surface area contributed by atoms with Gasteiger partial charge in [-0.2, -0.15) is 0 Å². The molecule has 0 aromatic heterocycles. The highest BCUT2D eigenvalue weighted by molar-refractivity contribution is 9.10. The van der Waals surface area contributed by atoms with Gasteiger partial charge in [-0.05, 0) is 55.6 Å². The van der Waals surface area contributed by atoms with Crippen LogP contribution in [0.15, 0.2) is 45.3 Å². The SMILES string of the molecule is COc1ccc(C(O)c2cccc(F)c2Br)cc1Br. The topological polar surface area (TPSA) is 29.5 Å². The summed E-state index contributed by atoms with van der Waals surface area (Å²) in [6.45, 7) is 0. The molecule has 0 heterocycles. The maximum Gasteiger partial charge on any atom is 0.137 e. The summed E-state index contributed by atoms with van der Waals surface area (Å²) in [6, 6.07) is 9.82. The molecule has 0 fully saturated rings. The minimum Gasteiger partial charge on any atom is -0.496 e. The molecule has 0 radical (unpaired) electrons. The third-order valence-electron chi connectivity index (χ3n) is 2.77. The van der Waals surface area contributed by atoms with E-state index < -0.39 is 11.9 Å². The summed E-state index contributed by atoms with van der Waals surface area (Å²) in [5.41, 5.74) is 1.14. The Hall–Kier alpha value is -0.910. The van der Waals surface area contributed by atoms with E-state index in [2.05, 4.69) is 31.9 Å². The second kappa shape index (κ2) is 6.03. The molecule has 5 heteroatoms. The largest absolute Gasteiger partial charge is 0.496 e. The molecule has 1 atom stereocenters. The second-order valence-corrected chi connectivity index (χ2v) is 5.59. The predicted molar refractivity (Wildman–Crippen MR) is 78.9 cm³/mol. The molecule has 0 saturated carbocycles. The van der Waals surface area contributed by atoms with E-state index in [1.807, 2.05) is 0 Å². The molecule has 0 aliphatic rings. The quantitative estimate of drug-likeness (QED) is 0.840. The Balaban J connectivity index is 2.41. The lowest BCUT2D eigenvalue weighted by atomic mass is 10.0. The molecule has 2 nitrogen and oxygen atoms in total. The molecule has 0 bridgehead atoms. The lowest BCUT2D eigenvalue weighted by Crippen LogP contribution is -2.02.